The zero-order valence-corrected chi connectivity index (χ0v) is 10.7. The van der Waals surface area contributed by atoms with Gasteiger partial charge in [0.15, 0.2) is 17.3 Å². The van der Waals surface area contributed by atoms with Gasteiger partial charge in [0.1, 0.15) is 13.2 Å². The van der Waals surface area contributed by atoms with Gasteiger partial charge in [0, 0.05) is 18.4 Å². The molecule has 0 aliphatic carbocycles. The Morgan fingerprint density at radius 3 is 2.58 bits per heavy atom. The quantitative estimate of drug-likeness (QED) is 0.825. The Labute approximate surface area is 111 Å². The predicted octanol–water partition coefficient (Wildman–Crippen LogP) is 2.14. The molecule has 1 aromatic rings. The number of Topliss-reactive ketones (excluding diaryl/α,β-unsaturated/α-hetero) is 1. The molecule has 5 heteroatoms. The minimum Gasteiger partial charge on any atom is -0.486 e. The highest BCUT2D eigenvalue weighted by Gasteiger charge is 2.17. The second kappa shape index (κ2) is 5.73. The van der Waals surface area contributed by atoms with Crippen molar-refractivity contribution < 1.29 is 24.2 Å². The van der Waals surface area contributed by atoms with Gasteiger partial charge in [-0.1, -0.05) is 6.92 Å². The van der Waals surface area contributed by atoms with E-state index in [-0.39, 0.29) is 24.5 Å². The van der Waals surface area contributed by atoms with Crippen LogP contribution in [0.1, 0.15) is 30.1 Å². The molecule has 0 radical (unpaired) electrons. The summed E-state index contributed by atoms with van der Waals surface area (Å²) in [6, 6.07) is 5.05. The second-order valence-electron chi connectivity index (χ2n) is 4.69. The first-order valence-electron chi connectivity index (χ1n) is 6.21. The minimum absolute atomic E-state index is 0.00368. The summed E-state index contributed by atoms with van der Waals surface area (Å²) < 4.78 is 10.8. The zero-order valence-electron chi connectivity index (χ0n) is 10.7. The molecular formula is C14H16O5. The lowest BCUT2D eigenvalue weighted by atomic mass is 9.97. The number of aliphatic carboxylic acids is 1. The fourth-order valence-electron chi connectivity index (χ4n) is 2.02. The molecule has 0 saturated carbocycles. The molecule has 5 nitrogen and oxygen atoms in total. The number of benzene rings is 1. The molecule has 0 bridgehead atoms. The number of carbonyl (C=O) groups is 2. The van der Waals surface area contributed by atoms with E-state index in [0.29, 0.717) is 30.3 Å². The first-order valence-corrected chi connectivity index (χ1v) is 6.21. The maximum absolute atomic E-state index is 12.0. The summed E-state index contributed by atoms with van der Waals surface area (Å²) in [7, 11) is 0. The van der Waals surface area contributed by atoms with E-state index in [1.165, 1.54) is 0 Å². The fraction of sp³-hybridized carbons (Fsp3) is 0.429. The van der Waals surface area contributed by atoms with Crippen molar-refractivity contribution >= 4 is 11.8 Å². The number of ketones is 1. The molecule has 19 heavy (non-hydrogen) atoms. The molecule has 102 valence electrons. The van der Waals surface area contributed by atoms with Crippen molar-refractivity contribution in [1.82, 2.24) is 0 Å². The molecule has 0 spiro atoms. The lowest BCUT2D eigenvalue weighted by Crippen LogP contribution is -2.16. The van der Waals surface area contributed by atoms with E-state index in [9.17, 15) is 9.59 Å². The highest BCUT2D eigenvalue weighted by atomic mass is 16.6. The van der Waals surface area contributed by atoms with E-state index in [1.54, 1.807) is 25.1 Å². The highest BCUT2D eigenvalue weighted by molar-refractivity contribution is 5.97. The number of rotatable bonds is 5. The van der Waals surface area contributed by atoms with Crippen molar-refractivity contribution in [2.75, 3.05) is 13.2 Å². The van der Waals surface area contributed by atoms with E-state index >= 15 is 0 Å². The van der Waals surface area contributed by atoms with Gasteiger partial charge >= 0.3 is 5.97 Å². The summed E-state index contributed by atoms with van der Waals surface area (Å²) in [5, 5.41) is 8.68. The summed E-state index contributed by atoms with van der Waals surface area (Å²) in [5.74, 6) is 0.0655. The number of fused-ring (bicyclic) bond motifs is 1. The van der Waals surface area contributed by atoms with Crippen LogP contribution in [0.4, 0.5) is 0 Å². The summed E-state index contributed by atoms with van der Waals surface area (Å²) in [5.41, 5.74) is 0.529. The Hall–Kier alpha value is -2.04. The monoisotopic (exact) mass is 264 g/mol. The van der Waals surface area contributed by atoms with Gasteiger partial charge in [0.2, 0.25) is 0 Å². The maximum atomic E-state index is 12.0. The molecule has 1 aromatic carbocycles. The van der Waals surface area contributed by atoms with E-state index in [1.807, 2.05) is 0 Å². The van der Waals surface area contributed by atoms with Gasteiger partial charge in [0.05, 0.1) is 0 Å². The number of hydrogen-bond acceptors (Lipinski definition) is 4. The van der Waals surface area contributed by atoms with Gasteiger partial charge < -0.3 is 14.6 Å². The third-order valence-corrected chi connectivity index (χ3v) is 2.92. The Balaban J connectivity index is 2.05. The summed E-state index contributed by atoms with van der Waals surface area (Å²) in [6.07, 6.45) is 0.211. The van der Waals surface area contributed by atoms with E-state index in [4.69, 9.17) is 14.6 Å². The second-order valence-corrected chi connectivity index (χ2v) is 4.69. The standard InChI is InChI=1S/C14H16O5/c1-9(7-14(16)17)6-11(15)10-2-3-12-13(8-10)19-5-4-18-12/h2-3,8-9H,4-7H2,1H3,(H,16,17)/t9-/m1/s1. The number of carbonyl (C=O) groups excluding carboxylic acids is 1. The molecule has 0 fully saturated rings. The molecule has 1 heterocycles. The third-order valence-electron chi connectivity index (χ3n) is 2.92. The Kier molecular flexibility index (Phi) is 4.04. The van der Waals surface area contributed by atoms with Crippen LogP contribution < -0.4 is 9.47 Å². The zero-order chi connectivity index (χ0) is 13.8. The van der Waals surface area contributed by atoms with Crippen LogP contribution in [0, 0.1) is 5.92 Å². The lowest BCUT2D eigenvalue weighted by Gasteiger charge is -2.18. The Morgan fingerprint density at radius 1 is 1.21 bits per heavy atom. The molecule has 0 unspecified atom stereocenters. The average molecular weight is 264 g/mol. The summed E-state index contributed by atoms with van der Waals surface area (Å²) in [4.78, 5) is 22.6. The van der Waals surface area contributed by atoms with Crippen molar-refractivity contribution in [3.63, 3.8) is 0 Å². The van der Waals surface area contributed by atoms with Crippen LogP contribution in [0.5, 0.6) is 11.5 Å². The Bertz CT molecular complexity index is 495. The molecule has 1 aliphatic rings. The minimum atomic E-state index is -0.887. The van der Waals surface area contributed by atoms with Crippen LogP contribution in [0.3, 0.4) is 0 Å². The first-order chi connectivity index (χ1) is 9.06. The van der Waals surface area contributed by atoms with Gasteiger partial charge in [-0.25, -0.2) is 0 Å². The predicted molar refractivity (Wildman–Crippen MR) is 67.8 cm³/mol. The van der Waals surface area contributed by atoms with Gasteiger partial charge in [-0.3, -0.25) is 9.59 Å². The topological polar surface area (TPSA) is 72.8 Å². The molecule has 0 saturated heterocycles. The van der Waals surface area contributed by atoms with Crippen LogP contribution in [0.2, 0.25) is 0 Å². The van der Waals surface area contributed by atoms with Crippen LogP contribution >= 0.6 is 0 Å². The average Bonchev–Trinajstić information content (AvgIpc) is 2.37. The van der Waals surface area contributed by atoms with Crippen LogP contribution in [0.25, 0.3) is 0 Å². The third kappa shape index (κ3) is 3.47. The van der Waals surface area contributed by atoms with Crippen molar-refractivity contribution in [3.8, 4) is 11.5 Å². The largest absolute Gasteiger partial charge is 0.486 e. The molecule has 1 N–H and O–H groups in total. The molecule has 1 aliphatic heterocycles. The first kappa shape index (κ1) is 13.4. The van der Waals surface area contributed by atoms with E-state index in [2.05, 4.69) is 0 Å². The number of hydrogen-bond donors (Lipinski definition) is 1. The van der Waals surface area contributed by atoms with Crippen molar-refractivity contribution in [3.05, 3.63) is 23.8 Å². The normalized spacial score (nSPS) is 14.8. The smallest absolute Gasteiger partial charge is 0.303 e. The van der Waals surface area contributed by atoms with Crippen molar-refractivity contribution in [1.29, 1.82) is 0 Å². The SMILES string of the molecule is C[C@@H](CC(=O)O)CC(=O)c1ccc2c(c1)OCCO2. The van der Waals surface area contributed by atoms with Crippen LogP contribution in [-0.2, 0) is 4.79 Å². The van der Waals surface area contributed by atoms with Crippen molar-refractivity contribution in [2.45, 2.75) is 19.8 Å². The molecular weight excluding hydrogens is 248 g/mol. The van der Waals surface area contributed by atoms with Gasteiger partial charge in [-0.2, -0.15) is 0 Å². The number of ether oxygens (including phenoxy) is 2. The lowest BCUT2D eigenvalue weighted by molar-refractivity contribution is -0.137. The summed E-state index contributed by atoms with van der Waals surface area (Å²) >= 11 is 0. The molecule has 0 aromatic heterocycles. The number of carboxylic acid groups (broad SMARTS) is 1. The highest BCUT2D eigenvalue weighted by Crippen LogP contribution is 2.31. The number of carboxylic acids is 1. The fourth-order valence-corrected chi connectivity index (χ4v) is 2.02. The molecule has 1 atom stereocenters. The van der Waals surface area contributed by atoms with Crippen LogP contribution in [-0.4, -0.2) is 30.1 Å². The van der Waals surface area contributed by atoms with Crippen LogP contribution in [0.15, 0.2) is 18.2 Å². The Morgan fingerprint density at radius 2 is 1.89 bits per heavy atom. The maximum Gasteiger partial charge on any atom is 0.303 e. The van der Waals surface area contributed by atoms with Gasteiger partial charge in [-0.15, -0.1) is 0 Å². The molecule has 0 amide bonds. The van der Waals surface area contributed by atoms with E-state index in [0.717, 1.165) is 0 Å². The van der Waals surface area contributed by atoms with Gasteiger partial charge in [-0.05, 0) is 24.1 Å². The van der Waals surface area contributed by atoms with E-state index < -0.39 is 5.97 Å². The summed E-state index contributed by atoms with van der Waals surface area (Å²) in [6.45, 7) is 2.74. The molecule has 2 rings (SSSR count). The van der Waals surface area contributed by atoms with Crippen molar-refractivity contribution in [2.24, 2.45) is 5.92 Å². The van der Waals surface area contributed by atoms with Gasteiger partial charge in [0.25, 0.3) is 0 Å².